The van der Waals surface area contributed by atoms with Gasteiger partial charge in [-0.15, -0.1) is 0 Å². The predicted octanol–water partition coefficient (Wildman–Crippen LogP) is 1.78. The summed E-state index contributed by atoms with van der Waals surface area (Å²) in [5.74, 6) is -0.149. The highest BCUT2D eigenvalue weighted by Gasteiger charge is 2.63. The van der Waals surface area contributed by atoms with Crippen LogP contribution in [0.5, 0.6) is 0 Å². The Morgan fingerprint density at radius 1 is 1.17 bits per heavy atom. The van der Waals surface area contributed by atoms with Crippen LogP contribution in [0.1, 0.15) is 17.7 Å². The summed E-state index contributed by atoms with van der Waals surface area (Å²) in [6.45, 7) is 2.44. The fourth-order valence-electron chi connectivity index (χ4n) is 4.08. The van der Waals surface area contributed by atoms with Crippen LogP contribution in [0.4, 0.5) is 0 Å². The first-order valence-corrected chi connectivity index (χ1v) is 12.6. The zero-order chi connectivity index (χ0) is 20.7. The van der Waals surface area contributed by atoms with E-state index in [2.05, 4.69) is 4.98 Å². The summed E-state index contributed by atoms with van der Waals surface area (Å²) >= 11 is 0. The first kappa shape index (κ1) is 20.5. The highest BCUT2D eigenvalue weighted by molar-refractivity contribution is 7.93. The Hall–Kier alpha value is -1.81. The van der Waals surface area contributed by atoms with Gasteiger partial charge in [0, 0.05) is 25.2 Å². The van der Waals surface area contributed by atoms with E-state index in [0.29, 0.717) is 13.0 Å². The lowest BCUT2D eigenvalue weighted by Gasteiger charge is -2.48. The van der Waals surface area contributed by atoms with Crippen LogP contribution in [0.15, 0.2) is 53.6 Å². The fourth-order valence-corrected chi connectivity index (χ4v) is 8.22. The number of hydrogen-bond donors (Lipinski definition) is 0. The Labute approximate surface area is 171 Å². The number of nitrogens with zero attached hydrogens (tertiary/aromatic N) is 2. The minimum Gasteiger partial charge on any atom is -0.375 e. The molecule has 0 radical (unpaired) electrons. The second kappa shape index (κ2) is 7.46. The van der Waals surface area contributed by atoms with Crippen molar-refractivity contribution in [3.63, 3.8) is 0 Å². The Morgan fingerprint density at radius 2 is 1.90 bits per heavy atom. The highest BCUT2D eigenvalue weighted by Crippen LogP contribution is 2.46. The lowest BCUT2D eigenvalue weighted by molar-refractivity contribution is 0.0472. The molecule has 0 unspecified atom stereocenters. The molecule has 4 rings (SSSR count). The van der Waals surface area contributed by atoms with Crippen molar-refractivity contribution in [1.82, 2.24) is 9.29 Å². The van der Waals surface area contributed by atoms with E-state index < -0.39 is 24.6 Å². The maximum atomic E-state index is 12.9. The number of aromatic nitrogens is 1. The second-order valence-electron chi connectivity index (χ2n) is 7.79. The third kappa shape index (κ3) is 3.61. The molecule has 7 nitrogen and oxygen atoms in total. The van der Waals surface area contributed by atoms with Crippen molar-refractivity contribution in [3.05, 3.63) is 59.9 Å². The summed E-state index contributed by atoms with van der Waals surface area (Å²) in [4.78, 5) is 4.39. The molecule has 1 aromatic heterocycles. The minimum atomic E-state index is -3.70. The number of aryl methyl sites for hydroxylation is 1. The molecule has 9 heteroatoms. The quantitative estimate of drug-likeness (QED) is 0.685. The fraction of sp³-hybridized carbons (Fsp3) is 0.450. The number of sulfone groups is 1. The molecule has 1 spiro atoms. The number of pyridine rings is 1. The summed E-state index contributed by atoms with van der Waals surface area (Å²) < 4.78 is 57.3. The summed E-state index contributed by atoms with van der Waals surface area (Å²) in [5.41, 5.74) is 1.74. The largest absolute Gasteiger partial charge is 0.375 e. The van der Waals surface area contributed by atoms with Crippen molar-refractivity contribution in [2.75, 3.05) is 25.4 Å². The predicted molar refractivity (Wildman–Crippen MR) is 108 cm³/mol. The Balaban J connectivity index is 1.46. The molecule has 156 valence electrons. The van der Waals surface area contributed by atoms with E-state index in [1.165, 1.54) is 4.31 Å². The van der Waals surface area contributed by atoms with Crippen molar-refractivity contribution in [3.8, 4) is 0 Å². The monoisotopic (exact) mass is 436 g/mol. The second-order valence-corrected chi connectivity index (χ2v) is 12.2. The van der Waals surface area contributed by atoms with Gasteiger partial charge in [0.25, 0.3) is 0 Å². The van der Waals surface area contributed by atoms with Gasteiger partial charge in [-0.1, -0.05) is 23.8 Å². The van der Waals surface area contributed by atoms with Crippen molar-refractivity contribution in [1.29, 1.82) is 0 Å². The minimum absolute atomic E-state index is 0.0108. The van der Waals surface area contributed by atoms with Gasteiger partial charge in [0.1, 0.15) is 4.75 Å². The van der Waals surface area contributed by atoms with E-state index in [1.807, 2.05) is 25.1 Å². The molecule has 2 aromatic rings. The van der Waals surface area contributed by atoms with Crippen LogP contribution in [0, 0.1) is 12.8 Å². The van der Waals surface area contributed by atoms with Crippen LogP contribution < -0.4 is 0 Å². The van der Waals surface area contributed by atoms with Crippen LogP contribution in [-0.4, -0.2) is 56.3 Å². The Bertz CT molecular complexity index is 1080. The molecule has 0 amide bonds. The van der Waals surface area contributed by atoms with Gasteiger partial charge in [0.05, 0.1) is 29.6 Å². The average Bonchev–Trinajstić information content (AvgIpc) is 2.92. The van der Waals surface area contributed by atoms with Gasteiger partial charge in [-0.25, -0.2) is 16.8 Å². The van der Waals surface area contributed by atoms with E-state index in [-0.39, 0.29) is 36.3 Å². The number of ether oxygens (including phenoxy) is 1. The van der Waals surface area contributed by atoms with E-state index >= 15 is 0 Å². The summed E-state index contributed by atoms with van der Waals surface area (Å²) in [6, 6.07) is 12.1. The van der Waals surface area contributed by atoms with Crippen molar-refractivity contribution in [2.45, 2.75) is 29.6 Å². The normalized spacial score (nSPS) is 23.1. The van der Waals surface area contributed by atoms with E-state index in [1.54, 1.807) is 30.5 Å². The van der Waals surface area contributed by atoms with Crippen molar-refractivity contribution in [2.24, 2.45) is 5.92 Å². The molecular formula is C20H24N2O5S2. The van der Waals surface area contributed by atoms with E-state index in [0.717, 1.165) is 11.3 Å². The molecule has 3 heterocycles. The van der Waals surface area contributed by atoms with E-state index in [4.69, 9.17) is 4.74 Å². The third-order valence-corrected chi connectivity index (χ3v) is 10.3. The van der Waals surface area contributed by atoms with Gasteiger partial charge in [-0.3, -0.25) is 4.98 Å². The Kier molecular flexibility index (Phi) is 5.27. The Morgan fingerprint density at radius 3 is 2.55 bits per heavy atom. The standard InChI is InChI=1S/C20H24N2O5S2/c1-16-5-7-19(8-6-16)29(25,26)22-14-20(15-22)17(9-11-28(20,23)24)12-27-13-18-4-2-3-10-21-18/h2-8,10,17H,9,11-15H2,1H3/t17-/m1/s1. The number of benzene rings is 1. The van der Waals surface area contributed by atoms with Gasteiger partial charge in [0.15, 0.2) is 9.84 Å². The highest BCUT2D eigenvalue weighted by atomic mass is 32.2. The first-order valence-electron chi connectivity index (χ1n) is 9.51. The van der Waals surface area contributed by atoms with Gasteiger partial charge < -0.3 is 4.74 Å². The average molecular weight is 437 g/mol. The van der Waals surface area contributed by atoms with Crippen LogP contribution >= 0.6 is 0 Å². The molecule has 2 fully saturated rings. The molecular weight excluding hydrogens is 412 g/mol. The molecule has 0 bridgehead atoms. The lowest BCUT2D eigenvalue weighted by atomic mass is 9.85. The molecule has 0 saturated carbocycles. The number of hydrogen-bond acceptors (Lipinski definition) is 6. The van der Waals surface area contributed by atoms with Crippen molar-refractivity contribution >= 4 is 19.9 Å². The SMILES string of the molecule is Cc1ccc(S(=O)(=O)N2CC3(C2)[C@@H](COCc2ccccn2)CCS3(=O)=O)cc1. The van der Waals surface area contributed by atoms with Gasteiger partial charge in [0.2, 0.25) is 10.0 Å². The third-order valence-electron chi connectivity index (χ3n) is 5.94. The van der Waals surface area contributed by atoms with Gasteiger partial charge in [-0.05, 0) is 37.6 Å². The maximum absolute atomic E-state index is 12.9. The smallest absolute Gasteiger partial charge is 0.243 e. The summed E-state index contributed by atoms with van der Waals surface area (Å²) in [6.07, 6.45) is 2.17. The number of sulfonamides is 1. The molecule has 0 aliphatic carbocycles. The lowest BCUT2D eigenvalue weighted by Crippen LogP contribution is -2.68. The topological polar surface area (TPSA) is 93.6 Å². The van der Waals surface area contributed by atoms with E-state index in [9.17, 15) is 16.8 Å². The molecule has 1 aromatic carbocycles. The zero-order valence-electron chi connectivity index (χ0n) is 16.2. The molecule has 2 saturated heterocycles. The van der Waals surface area contributed by atoms with Gasteiger partial charge in [-0.2, -0.15) is 4.31 Å². The van der Waals surface area contributed by atoms with Gasteiger partial charge >= 0.3 is 0 Å². The maximum Gasteiger partial charge on any atom is 0.243 e. The molecule has 29 heavy (non-hydrogen) atoms. The van der Waals surface area contributed by atoms with Crippen LogP contribution in [0.2, 0.25) is 0 Å². The zero-order valence-corrected chi connectivity index (χ0v) is 17.8. The van der Waals surface area contributed by atoms with Crippen LogP contribution in [0.25, 0.3) is 0 Å². The molecule has 1 atom stereocenters. The first-order chi connectivity index (χ1) is 13.7. The number of rotatable bonds is 6. The molecule has 2 aliphatic heterocycles. The molecule has 0 N–H and O–H groups in total. The summed E-state index contributed by atoms with van der Waals surface area (Å²) in [7, 11) is -7.08. The summed E-state index contributed by atoms with van der Waals surface area (Å²) in [5, 5.41) is 0. The van der Waals surface area contributed by atoms with Crippen LogP contribution in [-0.2, 0) is 31.2 Å². The van der Waals surface area contributed by atoms with Crippen molar-refractivity contribution < 1.29 is 21.6 Å². The molecule has 2 aliphatic rings. The van der Waals surface area contributed by atoms with Crippen LogP contribution in [0.3, 0.4) is 0 Å².